The molecule has 1 aliphatic rings. The van der Waals surface area contributed by atoms with Crippen molar-refractivity contribution in [3.63, 3.8) is 0 Å². The fraction of sp³-hybridized carbons (Fsp3) is 0.389. The summed E-state index contributed by atoms with van der Waals surface area (Å²) in [5.74, 6) is 1.40. The van der Waals surface area contributed by atoms with E-state index in [-0.39, 0.29) is 0 Å². The van der Waals surface area contributed by atoms with Crippen molar-refractivity contribution in [3.05, 3.63) is 54.5 Å². The summed E-state index contributed by atoms with van der Waals surface area (Å²) >= 11 is 0. The average Bonchev–Trinajstić information content (AvgIpc) is 3.10. The molecule has 1 aliphatic heterocycles. The minimum Gasteiger partial charge on any atom is -0.371 e. The number of hydrogen-bond acceptors (Lipinski definition) is 5. The Morgan fingerprint density at radius 3 is 3.12 bits per heavy atom. The SMILES string of the molecule is CNc1nc([C@@H]2CCCN(Cc3cnccn3)C2)cn2cccc12. The van der Waals surface area contributed by atoms with E-state index in [1.165, 1.54) is 12.8 Å². The number of aromatic nitrogens is 4. The van der Waals surface area contributed by atoms with Crippen LogP contribution in [0.3, 0.4) is 0 Å². The average molecular weight is 322 g/mol. The normalized spacial score (nSPS) is 18.8. The van der Waals surface area contributed by atoms with E-state index in [0.29, 0.717) is 5.92 Å². The summed E-state index contributed by atoms with van der Waals surface area (Å²) in [6.45, 7) is 2.98. The molecular formula is C18H22N6. The third kappa shape index (κ3) is 2.97. The molecule has 0 amide bonds. The molecule has 1 fully saturated rings. The predicted molar refractivity (Wildman–Crippen MR) is 94.0 cm³/mol. The molecule has 0 bridgehead atoms. The van der Waals surface area contributed by atoms with Gasteiger partial charge in [-0.25, -0.2) is 4.98 Å². The monoisotopic (exact) mass is 322 g/mol. The summed E-state index contributed by atoms with van der Waals surface area (Å²) in [6.07, 6.45) is 12.0. The zero-order chi connectivity index (χ0) is 16.4. The van der Waals surface area contributed by atoms with Gasteiger partial charge in [-0.3, -0.25) is 14.9 Å². The van der Waals surface area contributed by atoms with Crippen LogP contribution in [0.4, 0.5) is 5.82 Å². The van der Waals surface area contributed by atoms with Crippen molar-refractivity contribution < 1.29 is 0 Å². The molecule has 6 heteroatoms. The van der Waals surface area contributed by atoms with Crippen molar-refractivity contribution in [2.24, 2.45) is 0 Å². The van der Waals surface area contributed by atoms with Crippen molar-refractivity contribution in [2.75, 3.05) is 25.5 Å². The zero-order valence-corrected chi connectivity index (χ0v) is 13.9. The number of anilines is 1. The topological polar surface area (TPSA) is 58.4 Å². The molecule has 124 valence electrons. The molecule has 4 rings (SSSR count). The molecule has 1 saturated heterocycles. The van der Waals surface area contributed by atoms with Gasteiger partial charge in [-0.1, -0.05) is 0 Å². The molecule has 0 aliphatic carbocycles. The fourth-order valence-electron chi connectivity index (χ4n) is 3.53. The third-order valence-electron chi connectivity index (χ3n) is 4.70. The lowest BCUT2D eigenvalue weighted by atomic mass is 9.95. The van der Waals surface area contributed by atoms with Crippen molar-refractivity contribution >= 4 is 11.3 Å². The van der Waals surface area contributed by atoms with Gasteiger partial charge in [0.15, 0.2) is 0 Å². The molecule has 0 radical (unpaired) electrons. The first-order valence-electron chi connectivity index (χ1n) is 8.46. The second-order valence-corrected chi connectivity index (χ2v) is 6.34. The van der Waals surface area contributed by atoms with E-state index >= 15 is 0 Å². The highest BCUT2D eigenvalue weighted by molar-refractivity contribution is 5.68. The molecule has 3 aromatic heterocycles. The Bertz CT molecular complexity index is 813. The minimum absolute atomic E-state index is 0.453. The highest BCUT2D eigenvalue weighted by Crippen LogP contribution is 2.28. The molecule has 0 spiro atoms. The first-order chi connectivity index (χ1) is 11.8. The van der Waals surface area contributed by atoms with E-state index in [2.05, 4.69) is 49.1 Å². The Hall–Kier alpha value is -2.47. The second kappa shape index (κ2) is 6.57. The molecule has 0 aromatic carbocycles. The van der Waals surface area contributed by atoms with Gasteiger partial charge in [-0.05, 0) is 31.5 Å². The van der Waals surface area contributed by atoms with Crippen molar-refractivity contribution in [1.82, 2.24) is 24.3 Å². The Kier molecular flexibility index (Phi) is 4.13. The van der Waals surface area contributed by atoms with E-state index in [1.807, 2.05) is 13.2 Å². The van der Waals surface area contributed by atoms with Gasteiger partial charge in [0, 0.05) is 57.0 Å². The molecule has 6 nitrogen and oxygen atoms in total. The number of hydrogen-bond donors (Lipinski definition) is 1. The number of nitrogens with zero attached hydrogens (tertiary/aromatic N) is 5. The molecule has 0 saturated carbocycles. The van der Waals surface area contributed by atoms with E-state index < -0.39 is 0 Å². The van der Waals surface area contributed by atoms with Gasteiger partial charge in [0.05, 0.1) is 16.9 Å². The minimum atomic E-state index is 0.453. The fourth-order valence-corrected chi connectivity index (χ4v) is 3.53. The van der Waals surface area contributed by atoms with Gasteiger partial charge in [-0.2, -0.15) is 0 Å². The van der Waals surface area contributed by atoms with Gasteiger partial charge < -0.3 is 9.72 Å². The van der Waals surface area contributed by atoms with Crippen LogP contribution in [0.5, 0.6) is 0 Å². The zero-order valence-electron chi connectivity index (χ0n) is 13.9. The van der Waals surface area contributed by atoms with Crippen molar-refractivity contribution in [2.45, 2.75) is 25.3 Å². The maximum atomic E-state index is 4.87. The Morgan fingerprint density at radius 2 is 2.29 bits per heavy atom. The molecule has 4 heterocycles. The first kappa shape index (κ1) is 15.1. The Labute approximate surface area is 141 Å². The first-order valence-corrected chi connectivity index (χ1v) is 8.46. The maximum absolute atomic E-state index is 4.87. The maximum Gasteiger partial charge on any atom is 0.150 e. The summed E-state index contributed by atoms with van der Waals surface area (Å²) in [5.41, 5.74) is 3.31. The number of likely N-dealkylation sites (tertiary alicyclic amines) is 1. The van der Waals surface area contributed by atoms with Crippen LogP contribution in [0.1, 0.15) is 30.1 Å². The summed E-state index contributed by atoms with van der Waals surface area (Å²) in [5, 5.41) is 3.22. The van der Waals surface area contributed by atoms with Crippen LogP contribution in [0, 0.1) is 0 Å². The largest absolute Gasteiger partial charge is 0.371 e. The number of nitrogens with one attached hydrogen (secondary N) is 1. The van der Waals surface area contributed by atoms with E-state index in [0.717, 1.165) is 42.4 Å². The Morgan fingerprint density at radius 1 is 1.33 bits per heavy atom. The molecule has 24 heavy (non-hydrogen) atoms. The van der Waals surface area contributed by atoms with Crippen LogP contribution >= 0.6 is 0 Å². The van der Waals surface area contributed by atoms with Crippen molar-refractivity contribution in [1.29, 1.82) is 0 Å². The van der Waals surface area contributed by atoms with Crippen LogP contribution in [-0.4, -0.2) is 44.4 Å². The van der Waals surface area contributed by atoms with Crippen LogP contribution in [0.25, 0.3) is 5.52 Å². The van der Waals surface area contributed by atoms with E-state index in [9.17, 15) is 0 Å². The standard InChI is InChI=1S/C18H22N6/c1-19-18-17-5-3-9-24(17)13-16(22-18)14-4-2-8-23(11-14)12-15-10-20-6-7-21-15/h3,5-7,9-10,13-14H,2,4,8,11-12H2,1H3,(H,19,22)/t14-/m1/s1. The Balaban J connectivity index is 1.55. The summed E-state index contributed by atoms with van der Waals surface area (Å²) < 4.78 is 2.16. The molecule has 1 atom stereocenters. The van der Waals surface area contributed by atoms with Crippen LogP contribution < -0.4 is 5.32 Å². The lowest BCUT2D eigenvalue weighted by molar-refractivity contribution is 0.196. The van der Waals surface area contributed by atoms with Crippen LogP contribution in [0.2, 0.25) is 0 Å². The highest BCUT2D eigenvalue weighted by atomic mass is 15.1. The summed E-state index contributed by atoms with van der Waals surface area (Å²) in [6, 6.07) is 4.15. The van der Waals surface area contributed by atoms with E-state index in [4.69, 9.17) is 4.98 Å². The van der Waals surface area contributed by atoms with E-state index in [1.54, 1.807) is 12.4 Å². The highest BCUT2D eigenvalue weighted by Gasteiger charge is 2.23. The predicted octanol–water partition coefficient (Wildman–Crippen LogP) is 2.55. The lowest BCUT2D eigenvalue weighted by Gasteiger charge is -2.32. The third-order valence-corrected chi connectivity index (χ3v) is 4.70. The molecule has 1 N–H and O–H groups in total. The quantitative estimate of drug-likeness (QED) is 0.800. The van der Waals surface area contributed by atoms with Crippen LogP contribution in [0.15, 0.2) is 43.1 Å². The van der Waals surface area contributed by atoms with Crippen LogP contribution in [-0.2, 0) is 6.54 Å². The second-order valence-electron chi connectivity index (χ2n) is 6.34. The van der Waals surface area contributed by atoms with Gasteiger partial charge in [0.1, 0.15) is 5.82 Å². The summed E-state index contributed by atoms with van der Waals surface area (Å²) in [7, 11) is 1.93. The number of fused-ring (bicyclic) bond motifs is 1. The molecule has 0 unspecified atom stereocenters. The smallest absolute Gasteiger partial charge is 0.150 e. The molecule has 3 aromatic rings. The van der Waals surface area contributed by atoms with Gasteiger partial charge in [-0.15, -0.1) is 0 Å². The van der Waals surface area contributed by atoms with Gasteiger partial charge >= 0.3 is 0 Å². The number of rotatable bonds is 4. The lowest BCUT2D eigenvalue weighted by Crippen LogP contribution is -2.34. The van der Waals surface area contributed by atoms with Crippen molar-refractivity contribution in [3.8, 4) is 0 Å². The molecular weight excluding hydrogens is 300 g/mol. The van der Waals surface area contributed by atoms with Gasteiger partial charge in [0.25, 0.3) is 0 Å². The van der Waals surface area contributed by atoms with Gasteiger partial charge in [0.2, 0.25) is 0 Å². The summed E-state index contributed by atoms with van der Waals surface area (Å²) in [4.78, 5) is 15.9. The number of piperidine rings is 1.